The normalized spacial score (nSPS) is 11.2. The average molecular weight is 318 g/mol. The molecule has 3 aromatic rings. The van der Waals surface area contributed by atoms with Crippen molar-refractivity contribution in [3.63, 3.8) is 0 Å². The standard InChI is InChI=1S/C13H12N6O2S/c1-4-9-7-17(2)11(19-13(20)18(3)15-16-19)10(9)8-21-12-14-5-6-22-12/h1,5-7H,8H2,2-3H3/i5T. The van der Waals surface area contributed by atoms with Crippen LogP contribution in [0.25, 0.3) is 5.82 Å². The highest BCUT2D eigenvalue weighted by Gasteiger charge is 2.19. The molecule has 0 unspecified atom stereocenters. The van der Waals surface area contributed by atoms with Crippen LogP contribution in [0.1, 0.15) is 12.5 Å². The zero-order valence-corrected chi connectivity index (χ0v) is 12.7. The molecular weight excluding hydrogens is 304 g/mol. The van der Waals surface area contributed by atoms with Crippen LogP contribution >= 0.6 is 11.3 Å². The first kappa shape index (κ1) is 12.8. The second kappa shape index (κ2) is 5.50. The first-order valence-electron chi connectivity index (χ1n) is 6.70. The maximum absolute atomic E-state index is 12.1. The van der Waals surface area contributed by atoms with Gasteiger partial charge in [-0.15, -0.1) is 11.1 Å². The number of aromatic nitrogens is 6. The molecule has 0 aromatic carbocycles. The molecule has 3 heterocycles. The summed E-state index contributed by atoms with van der Waals surface area (Å²) in [6.07, 6.45) is 7.39. The molecule has 0 amide bonds. The second-order valence-electron chi connectivity index (χ2n) is 4.43. The SMILES string of the molecule is [3H]c1csc(OCc2c(C#C)cn(C)c2-n2nnn(C)c2=O)n1. The van der Waals surface area contributed by atoms with E-state index in [0.717, 1.165) is 9.36 Å². The van der Waals surface area contributed by atoms with E-state index < -0.39 is 5.69 Å². The lowest BCUT2D eigenvalue weighted by Gasteiger charge is -2.06. The van der Waals surface area contributed by atoms with Crippen LogP contribution in [-0.2, 0) is 20.7 Å². The molecule has 0 fully saturated rings. The Morgan fingerprint density at radius 1 is 1.50 bits per heavy atom. The smallest absolute Gasteiger partial charge is 0.369 e. The van der Waals surface area contributed by atoms with Crippen molar-refractivity contribution in [2.24, 2.45) is 14.1 Å². The third-order valence-corrected chi connectivity index (χ3v) is 3.67. The molecule has 3 rings (SSSR count). The molecule has 0 bridgehead atoms. The van der Waals surface area contributed by atoms with Crippen molar-refractivity contribution in [3.8, 4) is 23.4 Å². The Morgan fingerprint density at radius 3 is 2.91 bits per heavy atom. The molecular formula is C13H12N6O2S. The molecule has 0 saturated carbocycles. The molecule has 0 aliphatic heterocycles. The first-order valence-corrected chi connectivity index (χ1v) is 7.08. The maximum Gasteiger partial charge on any atom is 0.369 e. The van der Waals surface area contributed by atoms with E-state index in [-0.39, 0.29) is 12.8 Å². The van der Waals surface area contributed by atoms with Gasteiger partial charge in [0.25, 0.3) is 5.19 Å². The summed E-state index contributed by atoms with van der Waals surface area (Å²) in [5.41, 5.74) is 0.820. The average Bonchev–Trinajstić information content (AvgIpc) is 3.17. The molecule has 0 spiro atoms. The summed E-state index contributed by atoms with van der Waals surface area (Å²) < 4.78 is 17.0. The van der Waals surface area contributed by atoms with Crippen molar-refractivity contribution in [1.29, 1.82) is 0 Å². The molecule has 0 N–H and O–H groups in total. The van der Waals surface area contributed by atoms with E-state index in [2.05, 4.69) is 21.3 Å². The van der Waals surface area contributed by atoms with Crippen molar-refractivity contribution in [2.75, 3.05) is 0 Å². The summed E-state index contributed by atoms with van der Waals surface area (Å²) in [4.78, 5) is 16.0. The number of aryl methyl sites for hydroxylation is 2. The summed E-state index contributed by atoms with van der Waals surface area (Å²) in [7, 11) is 3.27. The molecule has 112 valence electrons. The van der Waals surface area contributed by atoms with Gasteiger partial charge in [-0.2, -0.15) is 4.68 Å². The van der Waals surface area contributed by atoms with Crippen molar-refractivity contribution >= 4 is 11.3 Å². The first-order chi connectivity index (χ1) is 11.0. The van der Waals surface area contributed by atoms with E-state index in [1.54, 1.807) is 23.2 Å². The van der Waals surface area contributed by atoms with E-state index >= 15 is 0 Å². The summed E-state index contributed by atoms with van der Waals surface area (Å²) in [5.74, 6) is 3.05. The number of rotatable bonds is 4. The Labute approximate surface area is 131 Å². The lowest BCUT2D eigenvalue weighted by molar-refractivity contribution is 0.303. The summed E-state index contributed by atoms with van der Waals surface area (Å²) in [6, 6.07) is 0. The molecule has 9 heteroatoms. The Morgan fingerprint density at radius 2 is 2.32 bits per heavy atom. The number of thiazole rings is 1. The van der Waals surface area contributed by atoms with Gasteiger partial charge in [0.15, 0.2) is 0 Å². The fraction of sp³-hybridized carbons (Fsp3) is 0.231. The summed E-state index contributed by atoms with van der Waals surface area (Å²) in [5, 5.41) is 9.48. The third-order valence-electron chi connectivity index (χ3n) is 3.04. The maximum atomic E-state index is 12.1. The van der Waals surface area contributed by atoms with E-state index in [1.165, 1.54) is 18.4 Å². The van der Waals surface area contributed by atoms with E-state index in [0.29, 0.717) is 22.1 Å². The van der Waals surface area contributed by atoms with Crippen LogP contribution in [0.2, 0.25) is 0 Å². The largest absolute Gasteiger partial charge is 0.465 e. The topological polar surface area (TPSA) is 79.8 Å². The number of terminal acetylenes is 1. The van der Waals surface area contributed by atoms with Gasteiger partial charge >= 0.3 is 5.69 Å². The minimum absolute atomic E-state index is 0.103. The number of hydrogen-bond donors (Lipinski definition) is 0. The van der Waals surface area contributed by atoms with Gasteiger partial charge in [0.2, 0.25) is 0 Å². The van der Waals surface area contributed by atoms with Crippen molar-refractivity contribution in [2.45, 2.75) is 6.61 Å². The monoisotopic (exact) mass is 318 g/mol. The van der Waals surface area contributed by atoms with Gasteiger partial charge in [0.1, 0.15) is 12.4 Å². The van der Waals surface area contributed by atoms with Crippen molar-refractivity contribution in [3.05, 3.63) is 39.4 Å². The molecule has 0 saturated heterocycles. The van der Waals surface area contributed by atoms with Gasteiger partial charge in [0, 0.05) is 37.4 Å². The number of hydrogen-bond acceptors (Lipinski definition) is 6. The van der Waals surface area contributed by atoms with Crippen molar-refractivity contribution in [1.82, 2.24) is 29.3 Å². The highest BCUT2D eigenvalue weighted by Crippen LogP contribution is 2.22. The van der Waals surface area contributed by atoms with Crippen LogP contribution in [0.15, 0.2) is 22.5 Å². The minimum Gasteiger partial charge on any atom is -0.465 e. The van der Waals surface area contributed by atoms with E-state index in [1.807, 2.05) is 0 Å². The van der Waals surface area contributed by atoms with Gasteiger partial charge in [-0.25, -0.2) is 9.78 Å². The van der Waals surface area contributed by atoms with Gasteiger partial charge in [0.05, 0.1) is 6.93 Å². The number of tetrazole rings is 1. The Balaban J connectivity index is 2.03. The Hall–Kier alpha value is -2.86. The van der Waals surface area contributed by atoms with Gasteiger partial charge < -0.3 is 9.30 Å². The van der Waals surface area contributed by atoms with Gasteiger partial charge in [-0.1, -0.05) is 17.3 Å². The minimum atomic E-state index is -0.390. The number of nitrogens with zero attached hydrogens (tertiary/aromatic N) is 6. The van der Waals surface area contributed by atoms with Crippen LogP contribution in [0.5, 0.6) is 5.19 Å². The fourth-order valence-electron chi connectivity index (χ4n) is 2.04. The zero-order valence-electron chi connectivity index (χ0n) is 12.8. The van der Waals surface area contributed by atoms with Crippen molar-refractivity contribution < 1.29 is 6.11 Å². The Kier molecular flexibility index (Phi) is 3.21. The predicted molar refractivity (Wildman–Crippen MR) is 80.0 cm³/mol. The molecule has 0 radical (unpaired) electrons. The third kappa shape index (κ3) is 2.29. The van der Waals surface area contributed by atoms with Crippen LogP contribution in [0.4, 0.5) is 0 Å². The van der Waals surface area contributed by atoms with Crippen LogP contribution in [0.3, 0.4) is 0 Å². The summed E-state index contributed by atoms with van der Waals surface area (Å²) >= 11 is 1.22. The zero-order chi connectivity index (χ0) is 16.6. The van der Waals surface area contributed by atoms with Gasteiger partial charge in [-0.3, -0.25) is 0 Å². The van der Waals surface area contributed by atoms with E-state index in [9.17, 15) is 4.79 Å². The predicted octanol–water partition coefficient (Wildman–Crippen LogP) is 0.321. The highest BCUT2D eigenvalue weighted by atomic mass is 32.1. The lowest BCUT2D eigenvalue weighted by Crippen LogP contribution is -2.24. The van der Waals surface area contributed by atoms with Crippen LogP contribution in [0, 0.1) is 12.3 Å². The fourth-order valence-corrected chi connectivity index (χ4v) is 2.48. The molecule has 22 heavy (non-hydrogen) atoms. The molecule has 0 aliphatic rings. The lowest BCUT2D eigenvalue weighted by atomic mass is 10.2. The molecule has 8 nitrogen and oxygen atoms in total. The number of ether oxygens (including phenoxy) is 1. The highest BCUT2D eigenvalue weighted by molar-refractivity contribution is 7.11. The van der Waals surface area contributed by atoms with Crippen LogP contribution in [-0.4, -0.2) is 29.3 Å². The quantitative estimate of drug-likeness (QED) is 0.647. The summed E-state index contributed by atoms with van der Waals surface area (Å²) in [6.45, 7) is 0.103. The Bertz CT molecular complexity index is 960. The van der Waals surface area contributed by atoms with E-state index in [4.69, 9.17) is 12.5 Å². The second-order valence-corrected chi connectivity index (χ2v) is 5.25. The molecule has 3 aromatic heterocycles. The van der Waals surface area contributed by atoms with Crippen LogP contribution < -0.4 is 10.4 Å². The molecule has 0 aliphatic carbocycles. The molecule has 0 atom stereocenters. The van der Waals surface area contributed by atoms with Gasteiger partial charge in [-0.05, 0) is 10.4 Å².